The number of fused-ring (bicyclic) bond motifs is 9. The highest BCUT2D eigenvalue weighted by atomic mass is 16.3. The zero-order valence-corrected chi connectivity index (χ0v) is 24.1. The Labute approximate surface area is 257 Å². The molecule has 0 bridgehead atoms. The molecule has 4 aromatic heterocycles. The Balaban J connectivity index is 1.33. The molecule has 0 amide bonds. The van der Waals surface area contributed by atoms with Crippen molar-refractivity contribution in [2.75, 3.05) is 0 Å². The fraction of sp³-hybridized carbons (Fsp3) is 0. The summed E-state index contributed by atoms with van der Waals surface area (Å²) < 4.78 is 11.2. The normalized spacial score (nSPS) is 12.0. The summed E-state index contributed by atoms with van der Waals surface area (Å²) in [5.41, 5.74) is 9.96. The molecule has 0 aliphatic carbocycles. The summed E-state index contributed by atoms with van der Waals surface area (Å²) in [6.07, 6.45) is 1.80. The third-order valence-electron chi connectivity index (χ3n) is 9.00. The van der Waals surface area contributed by atoms with Gasteiger partial charge in [0.05, 0.1) is 39.0 Å². The van der Waals surface area contributed by atoms with Gasteiger partial charge in [-0.25, -0.2) is 4.98 Å². The summed E-state index contributed by atoms with van der Waals surface area (Å²) in [7, 11) is 0. The highest BCUT2D eigenvalue weighted by Gasteiger charge is 2.21. The number of nitrogens with zero attached hydrogens (tertiary/aromatic N) is 4. The van der Waals surface area contributed by atoms with E-state index < -0.39 is 0 Å². The fourth-order valence-electron chi connectivity index (χ4n) is 7.04. The van der Waals surface area contributed by atoms with Gasteiger partial charge in [-0.2, -0.15) is 0 Å². The summed E-state index contributed by atoms with van der Waals surface area (Å²) in [4.78, 5) is 9.62. The third-order valence-corrected chi connectivity index (χ3v) is 9.00. The van der Waals surface area contributed by atoms with E-state index in [4.69, 9.17) is 9.40 Å². The number of aromatic nitrogens is 4. The standard InChI is InChI=1S/C40H24N4O/c1-5-15-31-27(11-1)28-12-2-6-16-32(28)43(31)35-21-19-26(40-42-39-37(45-40)22-20-25-10-9-23-41-38(25)39)24-36(35)44-33-17-7-3-13-29(33)30-14-4-8-18-34(30)44/h1-24H. The lowest BCUT2D eigenvalue weighted by molar-refractivity contribution is 0.620. The van der Waals surface area contributed by atoms with Gasteiger partial charge in [0.2, 0.25) is 5.89 Å². The first-order valence-corrected chi connectivity index (χ1v) is 15.1. The van der Waals surface area contributed by atoms with Crippen LogP contribution >= 0.6 is 0 Å². The molecule has 0 spiro atoms. The number of hydrogen-bond donors (Lipinski definition) is 0. The Bertz CT molecular complexity index is 2670. The number of hydrogen-bond acceptors (Lipinski definition) is 3. The molecular formula is C40H24N4O. The van der Waals surface area contributed by atoms with Crippen molar-refractivity contribution in [3.05, 3.63) is 146 Å². The van der Waals surface area contributed by atoms with E-state index in [1.807, 2.05) is 18.2 Å². The van der Waals surface area contributed by atoms with Crippen molar-refractivity contribution < 1.29 is 4.42 Å². The van der Waals surface area contributed by atoms with Crippen molar-refractivity contribution in [1.82, 2.24) is 19.1 Å². The van der Waals surface area contributed by atoms with Crippen molar-refractivity contribution in [1.29, 1.82) is 0 Å². The molecule has 210 valence electrons. The second kappa shape index (κ2) is 9.15. The molecule has 0 fully saturated rings. The number of benzene rings is 6. The van der Waals surface area contributed by atoms with Crippen LogP contribution in [0.15, 0.2) is 150 Å². The summed E-state index contributed by atoms with van der Waals surface area (Å²) in [6.45, 7) is 0. The van der Waals surface area contributed by atoms with Crippen LogP contribution in [-0.4, -0.2) is 19.1 Å². The molecular weight excluding hydrogens is 552 g/mol. The van der Waals surface area contributed by atoms with Crippen LogP contribution in [0.25, 0.3) is 88.4 Å². The Hall–Kier alpha value is -6.20. The first kappa shape index (κ1) is 24.3. The maximum absolute atomic E-state index is 6.41. The molecule has 0 saturated heterocycles. The minimum Gasteiger partial charge on any atom is -0.436 e. The third kappa shape index (κ3) is 3.43. The smallest absolute Gasteiger partial charge is 0.227 e. The molecule has 5 heteroatoms. The predicted octanol–water partition coefficient (Wildman–Crippen LogP) is 10.2. The van der Waals surface area contributed by atoms with Crippen molar-refractivity contribution in [3.8, 4) is 22.8 Å². The molecule has 0 radical (unpaired) electrons. The van der Waals surface area contributed by atoms with Crippen LogP contribution in [0, 0.1) is 0 Å². The van der Waals surface area contributed by atoms with Gasteiger partial charge in [-0.05, 0) is 60.7 Å². The van der Waals surface area contributed by atoms with Crippen LogP contribution in [0.5, 0.6) is 0 Å². The second-order valence-electron chi connectivity index (χ2n) is 11.4. The van der Waals surface area contributed by atoms with Crippen LogP contribution in [0.4, 0.5) is 0 Å². The van der Waals surface area contributed by atoms with E-state index in [2.05, 4.69) is 135 Å². The van der Waals surface area contributed by atoms with Gasteiger partial charge in [-0.15, -0.1) is 0 Å². The molecule has 6 aromatic carbocycles. The maximum Gasteiger partial charge on any atom is 0.227 e. The lowest BCUT2D eigenvalue weighted by Gasteiger charge is -2.17. The van der Waals surface area contributed by atoms with Crippen LogP contribution in [0.3, 0.4) is 0 Å². The van der Waals surface area contributed by atoms with E-state index in [-0.39, 0.29) is 0 Å². The average Bonchev–Trinajstić information content (AvgIpc) is 3.79. The Morgan fingerprint density at radius 2 is 1.02 bits per heavy atom. The van der Waals surface area contributed by atoms with E-state index >= 15 is 0 Å². The fourth-order valence-corrected chi connectivity index (χ4v) is 7.04. The topological polar surface area (TPSA) is 48.8 Å². The van der Waals surface area contributed by atoms with E-state index in [9.17, 15) is 0 Å². The molecule has 0 aliphatic heterocycles. The lowest BCUT2D eigenvalue weighted by atomic mass is 10.1. The van der Waals surface area contributed by atoms with Crippen LogP contribution in [0.1, 0.15) is 0 Å². The zero-order valence-electron chi connectivity index (χ0n) is 24.1. The van der Waals surface area contributed by atoms with Crippen molar-refractivity contribution in [2.24, 2.45) is 0 Å². The van der Waals surface area contributed by atoms with E-state index in [1.54, 1.807) is 6.20 Å². The summed E-state index contributed by atoms with van der Waals surface area (Å²) in [5, 5.41) is 5.92. The van der Waals surface area contributed by atoms with Gasteiger partial charge < -0.3 is 13.6 Å². The SMILES string of the molecule is c1cnc2c(c1)ccc1oc(-c3ccc(-n4c5ccccc5c5ccccc54)c(-n4c5ccccc5c5ccccc54)c3)nc12. The minimum absolute atomic E-state index is 0.568. The van der Waals surface area contributed by atoms with Gasteiger partial charge in [0.15, 0.2) is 5.58 Å². The molecule has 45 heavy (non-hydrogen) atoms. The first-order chi connectivity index (χ1) is 22.3. The Morgan fingerprint density at radius 1 is 0.467 bits per heavy atom. The number of rotatable bonds is 3. The van der Waals surface area contributed by atoms with Crippen molar-refractivity contribution >= 4 is 65.6 Å². The van der Waals surface area contributed by atoms with Crippen LogP contribution in [-0.2, 0) is 0 Å². The minimum atomic E-state index is 0.568. The molecule has 0 N–H and O–H groups in total. The molecule has 0 saturated carbocycles. The predicted molar refractivity (Wildman–Crippen MR) is 183 cm³/mol. The monoisotopic (exact) mass is 576 g/mol. The molecule has 0 unspecified atom stereocenters. The van der Waals surface area contributed by atoms with Crippen molar-refractivity contribution in [3.63, 3.8) is 0 Å². The van der Waals surface area contributed by atoms with E-state index in [0.29, 0.717) is 5.89 Å². The van der Waals surface area contributed by atoms with E-state index in [0.717, 1.165) is 61.0 Å². The van der Waals surface area contributed by atoms with Crippen LogP contribution in [0.2, 0.25) is 0 Å². The lowest BCUT2D eigenvalue weighted by Crippen LogP contribution is -2.04. The molecule has 10 rings (SSSR count). The maximum atomic E-state index is 6.41. The van der Waals surface area contributed by atoms with Gasteiger partial charge in [0.25, 0.3) is 0 Å². The largest absolute Gasteiger partial charge is 0.436 e. The van der Waals surface area contributed by atoms with Crippen LogP contribution < -0.4 is 0 Å². The number of para-hydroxylation sites is 4. The zero-order chi connectivity index (χ0) is 29.5. The molecule has 4 heterocycles. The first-order valence-electron chi connectivity index (χ1n) is 15.1. The van der Waals surface area contributed by atoms with Gasteiger partial charge in [-0.3, -0.25) is 4.98 Å². The molecule has 5 nitrogen and oxygen atoms in total. The quantitative estimate of drug-likeness (QED) is 0.210. The molecule has 0 atom stereocenters. The second-order valence-corrected chi connectivity index (χ2v) is 11.4. The summed E-state index contributed by atoms with van der Waals surface area (Å²) in [5.74, 6) is 0.568. The van der Waals surface area contributed by atoms with Crippen molar-refractivity contribution in [2.45, 2.75) is 0 Å². The number of pyridine rings is 1. The van der Waals surface area contributed by atoms with Gasteiger partial charge in [0, 0.05) is 38.7 Å². The van der Waals surface area contributed by atoms with Gasteiger partial charge >= 0.3 is 0 Å². The van der Waals surface area contributed by atoms with E-state index in [1.165, 1.54) is 21.5 Å². The van der Waals surface area contributed by atoms with Gasteiger partial charge in [0.1, 0.15) is 5.52 Å². The summed E-state index contributed by atoms with van der Waals surface area (Å²) >= 11 is 0. The highest BCUT2D eigenvalue weighted by molar-refractivity contribution is 6.11. The molecule has 0 aliphatic rings. The number of oxazole rings is 1. The Morgan fingerprint density at radius 3 is 1.62 bits per heavy atom. The summed E-state index contributed by atoms with van der Waals surface area (Å²) in [6, 6.07) is 49.1. The van der Waals surface area contributed by atoms with Gasteiger partial charge in [-0.1, -0.05) is 78.9 Å². The average molecular weight is 577 g/mol. The Kier molecular flexibility index (Phi) is 4.93. The highest BCUT2D eigenvalue weighted by Crippen LogP contribution is 2.40. The molecule has 10 aromatic rings.